The van der Waals surface area contributed by atoms with Crippen LogP contribution < -0.4 is 20.1 Å². The second kappa shape index (κ2) is 15.6. The zero-order chi connectivity index (χ0) is 23.9. The van der Waals surface area contributed by atoms with Crippen molar-refractivity contribution in [1.29, 1.82) is 0 Å². The lowest BCUT2D eigenvalue weighted by molar-refractivity contribution is 0.0942. The van der Waals surface area contributed by atoms with Crippen molar-refractivity contribution in [3.63, 3.8) is 0 Å². The standard InChI is InChI=1S/C26H40N2O5/c1-20-23(8-3-10-25(20)32-16-6-13-27-12-5-15-29)24-9-4-11-26(21(24)2)33-17-7-14-28-18-22(31)19-30/h3-4,8-11,22,27-31H,5-7,12-19H2,1-2H3/t22-/m0/s1. The summed E-state index contributed by atoms with van der Waals surface area (Å²) in [6.07, 6.45) is 1.77. The van der Waals surface area contributed by atoms with Gasteiger partial charge in [-0.1, -0.05) is 24.3 Å². The van der Waals surface area contributed by atoms with Crippen LogP contribution in [0.1, 0.15) is 30.4 Å². The Morgan fingerprint density at radius 2 is 1.27 bits per heavy atom. The fourth-order valence-electron chi connectivity index (χ4n) is 3.55. The molecule has 0 saturated heterocycles. The minimum absolute atomic E-state index is 0.217. The lowest BCUT2D eigenvalue weighted by Gasteiger charge is -2.17. The molecule has 7 heteroatoms. The highest BCUT2D eigenvalue weighted by Gasteiger charge is 2.12. The van der Waals surface area contributed by atoms with Gasteiger partial charge >= 0.3 is 0 Å². The van der Waals surface area contributed by atoms with Crippen molar-refractivity contribution >= 4 is 0 Å². The van der Waals surface area contributed by atoms with Crippen LogP contribution in [0.25, 0.3) is 11.1 Å². The van der Waals surface area contributed by atoms with E-state index in [2.05, 4.69) is 36.6 Å². The maximum atomic E-state index is 9.35. The van der Waals surface area contributed by atoms with Crippen molar-refractivity contribution in [2.24, 2.45) is 0 Å². The Morgan fingerprint density at radius 3 is 1.79 bits per heavy atom. The van der Waals surface area contributed by atoms with Gasteiger partial charge in [0.25, 0.3) is 0 Å². The van der Waals surface area contributed by atoms with Gasteiger partial charge in [0.05, 0.1) is 25.9 Å². The topological polar surface area (TPSA) is 103 Å². The number of aliphatic hydroxyl groups is 3. The van der Waals surface area contributed by atoms with Crippen LogP contribution >= 0.6 is 0 Å². The fraction of sp³-hybridized carbons (Fsp3) is 0.538. The largest absolute Gasteiger partial charge is 0.493 e. The third-order valence-corrected chi connectivity index (χ3v) is 5.47. The van der Waals surface area contributed by atoms with Crippen molar-refractivity contribution in [3.8, 4) is 22.6 Å². The van der Waals surface area contributed by atoms with Crippen LogP contribution in [0.2, 0.25) is 0 Å². The van der Waals surface area contributed by atoms with Gasteiger partial charge < -0.3 is 35.4 Å². The Morgan fingerprint density at radius 1 is 0.758 bits per heavy atom. The zero-order valence-electron chi connectivity index (χ0n) is 20.0. The van der Waals surface area contributed by atoms with E-state index >= 15 is 0 Å². The third kappa shape index (κ3) is 9.31. The molecule has 0 fully saturated rings. The first kappa shape index (κ1) is 27.1. The molecule has 0 aliphatic rings. The Bertz CT molecular complexity index is 815. The number of aliphatic hydroxyl groups excluding tert-OH is 3. The van der Waals surface area contributed by atoms with E-state index in [1.807, 2.05) is 24.3 Å². The lowest BCUT2D eigenvalue weighted by Crippen LogP contribution is -2.30. The second-order valence-electron chi connectivity index (χ2n) is 8.13. The average molecular weight is 461 g/mol. The molecule has 184 valence electrons. The number of hydrogen-bond acceptors (Lipinski definition) is 7. The predicted octanol–water partition coefficient (Wildman–Crippen LogP) is 2.42. The van der Waals surface area contributed by atoms with Crippen LogP contribution in [0.5, 0.6) is 11.5 Å². The number of rotatable bonds is 17. The molecule has 0 amide bonds. The smallest absolute Gasteiger partial charge is 0.122 e. The van der Waals surface area contributed by atoms with Gasteiger partial charge in [-0.25, -0.2) is 0 Å². The molecule has 7 nitrogen and oxygen atoms in total. The summed E-state index contributed by atoms with van der Waals surface area (Å²) in [5.74, 6) is 1.76. The summed E-state index contributed by atoms with van der Waals surface area (Å²) in [6, 6.07) is 12.3. The third-order valence-electron chi connectivity index (χ3n) is 5.47. The summed E-state index contributed by atoms with van der Waals surface area (Å²) in [4.78, 5) is 0. The molecule has 33 heavy (non-hydrogen) atoms. The Labute approximate surface area is 197 Å². The summed E-state index contributed by atoms with van der Waals surface area (Å²) in [7, 11) is 0. The zero-order valence-corrected chi connectivity index (χ0v) is 20.0. The first-order chi connectivity index (χ1) is 16.1. The van der Waals surface area contributed by atoms with Crippen molar-refractivity contribution in [1.82, 2.24) is 10.6 Å². The van der Waals surface area contributed by atoms with Gasteiger partial charge in [-0.3, -0.25) is 0 Å². The van der Waals surface area contributed by atoms with E-state index in [4.69, 9.17) is 19.7 Å². The predicted molar refractivity (Wildman–Crippen MR) is 132 cm³/mol. The summed E-state index contributed by atoms with van der Waals surface area (Å²) in [6.45, 7) is 8.14. The molecule has 5 N–H and O–H groups in total. The second-order valence-corrected chi connectivity index (χ2v) is 8.13. The summed E-state index contributed by atoms with van der Waals surface area (Å²) < 4.78 is 12.1. The average Bonchev–Trinajstić information content (AvgIpc) is 2.82. The van der Waals surface area contributed by atoms with Crippen molar-refractivity contribution in [3.05, 3.63) is 47.5 Å². The number of benzene rings is 2. The van der Waals surface area contributed by atoms with Crippen LogP contribution in [0, 0.1) is 13.8 Å². The van der Waals surface area contributed by atoms with E-state index in [0.717, 1.165) is 66.1 Å². The van der Waals surface area contributed by atoms with Crippen LogP contribution in [0.3, 0.4) is 0 Å². The number of nitrogens with one attached hydrogen (secondary N) is 2. The maximum absolute atomic E-state index is 9.35. The Balaban J connectivity index is 1.91. The number of hydrogen-bond donors (Lipinski definition) is 5. The SMILES string of the molecule is Cc1c(OCCCNCCCO)cccc1-c1cccc(OCCCNC[C@H](O)CO)c1C. The quantitative estimate of drug-likeness (QED) is 0.231. The molecule has 0 aliphatic heterocycles. The molecular weight excluding hydrogens is 420 g/mol. The fourth-order valence-corrected chi connectivity index (χ4v) is 3.55. The van der Waals surface area contributed by atoms with Gasteiger partial charge in [0.15, 0.2) is 0 Å². The van der Waals surface area contributed by atoms with Crippen LogP contribution in [0.4, 0.5) is 0 Å². The molecule has 0 aliphatic carbocycles. The highest BCUT2D eigenvalue weighted by molar-refractivity contribution is 5.74. The van der Waals surface area contributed by atoms with E-state index < -0.39 is 6.10 Å². The van der Waals surface area contributed by atoms with Gasteiger partial charge in [0.1, 0.15) is 11.5 Å². The molecule has 2 aromatic carbocycles. The van der Waals surface area contributed by atoms with Crippen LogP contribution in [-0.2, 0) is 0 Å². The monoisotopic (exact) mass is 460 g/mol. The minimum Gasteiger partial charge on any atom is -0.493 e. The summed E-state index contributed by atoms with van der Waals surface area (Å²) in [5, 5.41) is 33.4. The molecule has 2 aromatic rings. The normalized spacial score (nSPS) is 12.0. The lowest BCUT2D eigenvalue weighted by atomic mass is 9.95. The van der Waals surface area contributed by atoms with Gasteiger partial charge in [-0.15, -0.1) is 0 Å². The van der Waals surface area contributed by atoms with E-state index in [1.165, 1.54) is 0 Å². The highest BCUT2D eigenvalue weighted by Crippen LogP contribution is 2.35. The minimum atomic E-state index is -0.721. The van der Waals surface area contributed by atoms with Crippen LogP contribution in [0.15, 0.2) is 36.4 Å². The van der Waals surface area contributed by atoms with Gasteiger partial charge in [-0.2, -0.15) is 0 Å². The van der Waals surface area contributed by atoms with Crippen LogP contribution in [-0.4, -0.2) is 74.0 Å². The van der Waals surface area contributed by atoms with Gasteiger partial charge in [0.2, 0.25) is 0 Å². The highest BCUT2D eigenvalue weighted by atomic mass is 16.5. The first-order valence-electron chi connectivity index (χ1n) is 11.8. The molecule has 2 rings (SSSR count). The van der Waals surface area contributed by atoms with E-state index in [9.17, 15) is 5.11 Å². The Hall–Kier alpha value is -2.16. The Kier molecular flexibility index (Phi) is 12.8. The molecule has 0 unspecified atom stereocenters. The van der Waals surface area contributed by atoms with Gasteiger partial charge in [0, 0.05) is 13.2 Å². The summed E-state index contributed by atoms with van der Waals surface area (Å²) in [5.41, 5.74) is 4.47. The summed E-state index contributed by atoms with van der Waals surface area (Å²) >= 11 is 0. The van der Waals surface area contributed by atoms with E-state index in [-0.39, 0.29) is 13.2 Å². The van der Waals surface area contributed by atoms with E-state index in [0.29, 0.717) is 26.3 Å². The molecule has 0 radical (unpaired) electrons. The van der Waals surface area contributed by atoms with Crippen molar-refractivity contribution < 1.29 is 24.8 Å². The molecular formula is C26H40N2O5. The number of ether oxygens (including phenoxy) is 2. The molecule has 1 atom stereocenters. The molecule has 0 saturated carbocycles. The van der Waals surface area contributed by atoms with Gasteiger partial charge in [-0.05, 0) is 87.1 Å². The van der Waals surface area contributed by atoms with E-state index in [1.54, 1.807) is 0 Å². The van der Waals surface area contributed by atoms with Crippen molar-refractivity contribution in [2.75, 3.05) is 52.6 Å². The maximum Gasteiger partial charge on any atom is 0.122 e. The molecule has 0 bridgehead atoms. The molecule has 0 heterocycles. The molecule has 0 aromatic heterocycles. The first-order valence-corrected chi connectivity index (χ1v) is 11.8. The molecule has 0 spiro atoms. The van der Waals surface area contributed by atoms with Crippen molar-refractivity contribution in [2.45, 2.75) is 39.2 Å².